The molecule has 0 amide bonds. The first-order valence-electron chi connectivity index (χ1n) is 6.84. The Labute approximate surface area is 94.2 Å². The van der Waals surface area contributed by atoms with Crippen molar-refractivity contribution in [3.05, 3.63) is 0 Å². The molecule has 1 saturated carbocycles. The molecule has 2 fully saturated rings. The fourth-order valence-corrected chi connectivity index (χ4v) is 3.11. The maximum absolute atomic E-state index is 6.21. The average Bonchev–Trinajstić information content (AvgIpc) is 2.50. The van der Waals surface area contributed by atoms with E-state index in [9.17, 15) is 0 Å². The second-order valence-corrected chi connectivity index (χ2v) is 5.42. The maximum atomic E-state index is 6.21. The summed E-state index contributed by atoms with van der Waals surface area (Å²) < 4.78 is 0. The average molecular weight is 210 g/mol. The molecular formula is C13H26N2. The molecule has 0 aromatic carbocycles. The van der Waals surface area contributed by atoms with Crippen molar-refractivity contribution in [3.63, 3.8) is 0 Å². The van der Waals surface area contributed by atoms with Gasteiger partial charge in [-0.3, -0.25) is 0 Å². The van der Waals surface area contributed by atoms with E-state index in [2.05, 4.69) is 4.90 Å². The highest BCUT2D eigenvalue weighted by Crippen LogP contribution is 2.24. The molecule has 0 radical (unpaired) electrons. The zero-order valence-electron chi connectivity index (χ0n) is 9.96. The van der Waals surface area contributed by atoms with Crippen molar-refractivity contribution < 1.29 is 0 Å². The molecule has 0 spiro atoms. The molecule has 2 heteroatoms. The van der Waals surface area contributed by atoms with Crippen LogP contribution in [0.2, 0.25) is 0 Å². The van der Waals surface area contributed by atoms with Crippen LogP contribution in [0.5, 0.6) is 0 Å². The quantitative estimate of drug-likeness (QED) is 0.758. The lowest BCUT2D eigenvalue weighted by atomic mass is 9.84. The molecule has 15 heavy (non-hydrogen) atoms. The number of nitrogens with two attached hydrogens (primary N) is 1. The number of hydrogen-bond acceptors (Lipinski definition) is 2. The smallest absolute Gasteiger partial charge is 0.00793 e. The van der Waals surface area contributed by atoms with E-state index in [1.54, 1.807) is 0 Å². The monoisotopic (exact) mass is 210 g/mol. The third kappa shape index (κ3) is 3.46. The van der Waals surface area contributed by atoms with Crippen molar-refractivity contribution in [1.82, 2.24) is 4.90 Å². The van der Waals surface area contributed by atoms with Gasteiger partial charge in [-0.15, -0.1) is 0 Å². The summed E-state index contributed by atoms with van der Waals surface area (Å²) in [6.07, 6.45) is 11.1. The fourth-order valence-electron chi connectivity index (χ4n) is 3.11. The molecule has 2 nitrogen and oxygen atoms in total. The van der Waals surface area contributed by atoms with Crippen LogP contribution in [0.4, 0.5) is 0 Å². The van der Waals surface area contributed by atoms with Crippen LogP contribution in [0.3, 0.4) is 0 Å². The highest BCUT2D eigenvalue weighted by molar-refractivity contribution is 4.81. The predicted octanol–water partition coefficient (Wildman–Crippen LogP) is 2.38. The van der Waals surface area contributed by atoms with Gasteiger partial charge in [0, 0.05) is 12.6 Å². The Morgan fingerprint density at radius 2 is 1.53 bits per heavy atom. The molecule has 88 valence electrons. The summed E-state index contributed by atoms with van der Waals surface area (Å²) in [5.74, 6) is 0.789. The minimum atomic E-state index is 0.488. The minimum absolute atomic E-state index is 0.488. The molecule has 2 aliphatic rings. The molecule has 1 saturated heterocycles. The lowest BCUT2D eigenvalue weighted by molar-refractivity contribution is 0.189. The van der Waals surface area contributed by atoms with Crippen molar-refractivity contribution in [2.75, 3.05) is 19.6 Å². The lowest BCUT2D eigenvalue weighted by Gasteiger charge is -2.33. The van der Waals surface area contributed by atoms with Crippen molar-refractivity contribution in [2.24, 2.45) is 11.7 Å². The molecule has 2 rings (SSSR count). The van der Waals surface area contributed by atoms with Gasteiger partial charge in [0.1, 0.15) is 0 Å². The van der Waals surface area contributed by atoms with E-state index in [0.717, 1.165) is 5.92 Å². The predicted molar refractivity (Wildman–Crippen MR) is 64.8 cm³/mol. The molecule has 0 bridgehead atoms. The number of nitrogens with zero attached hydrogens (tertiary/aromatic N) is 1. The first-order chi connectivity index (χ1) is 7.36. The molecule has 1 aliphatic carbocycles. The summed E-state index contributed by atoms with van der Waals surface area (Å²) in [6.45, 7) is 3.92. The topological polar surface area (TPSA) is 29.3 Å². The highest BCUT2D eigenvalue weighted by Gasteiger charge is 2.24. The van der Waals surface area contributed by atoms with Gasteiger partial charge >= 0.3 is 0 Å². The van der Waals surface area contributed by atoms with Crippen LogP contribution >= 0.6 is 0 Å². The Kier molecular flexibility index (Phi) is 4.45. The van der Waals surface area contributed by atoms with Gasteiger partial charge in [0.25, 0.3) is 0 Å². The zero-order valence-corrected chi connectivity index (χ0v) is 9.96. The van der Waals surface area contributed by atoms with E-state index in [-0.39, 0.29) is 0 Å². The SMILES string of the molecule is N[C@@H]1CCCCC1CN1CCCCCC1. The van der Waals surface area contributed by atoms with Gasteiger partial charge in [-0.1, -0.05) is 25.7 Å². The maximum Gasteiger partial charge on any atom is 0.00793 e. The zero-order chi connectivity index (χ0) is 10.5. The summed E-state index contributed by atoms with van der Waals surface area (Å²) in [6, 6.07) is 0.488. The van der Waals surface area contributed by atoms with Crippen LogP contribution in [0.15, 0.2) is 0 Å². The van der Waals surface area contributed by atoms with Crippen LogP contribution in [0, 0.1) is 5.92 Å². The summed E-state index contributed by atoms with van der Waals surface area (Å²) in [5.41, 5.74) is 6.21. The van der Waals surface area contributed by atoms with E-state index in [1.807, 2.05) is 0 Å². The van der Waals surface area contributed by atoms with E-state index in [4.69, 9.17) is 5.73 Å². The number of hydrogen-bond donors (Lipinski definition) is 1. The molecule has 1 aliphatic heterocycles. The van der Waals surface area contributed by atoms with E-state index in [0.29, 0.717) is 6.04 Å². The van der Waals surface area contributed by atoms with Crippen LogP contribution in [-0.4, -0.2) is 30.6 Å². The summed E-state index contributed by atoms with van der Waals surface area (Å²) >= 11 is 0. The van der Waals surface area contributed by atoms with Crippen molar-refractivity contribution in [2.45, 2.75) is 57.4 Å². The Bertz CT molecular complexity index is 173. The molecule has 2 N–H and O–H groups in total. The molecular weight excluding hydrogens is 184 g/mol. The second-order valence-electron chi connectivity index (χ2n) is 5.42. The molecule has 2 atom stereocenters. The van der Waals surface area contributed by atoms with Gasteiger partial charge in [0.2, 0.25) is 0 Å². The minimum Gasteiger partial charge on any atom is -0.327 e. The van der Waals surface area contributed by atoms with Crippen LogP contribution in [0.1, 0.15) is 51.4 Å². The van der Waals surface area contributed by atoms with Gasteiger partial charge in [-0.25, -0.2) is 0 Å². The Balaban J connectivity index is 1.78. The summed E-state index contributed by atoms with van der Waals surface area (Å²) in [4.78, 5) is 2.67. The van der Waals surface area contributed by atoms with Gasteiger partial charge < -0.3 is 10.6 Å². The molecule has 1 unspecified atom stereocenters. The first kappa shape index (κ1) is 11.4. The third-order valence-electron chi connectivity index (χ3n) is 4.16. The van der Waals surface area contributed by atoms with Gasteiger partial charge in [0.05, 0.1) is 0 Å². The van der Waals surface area contributed by atoms with E-state index < -0.39 is 0 Å². The van der Waals surface area contributed by atoms with E-state index in [1.165, 1.54) is 71.0 Å². The van der Waals surface area contributed by atoms with Gasteiger partial charge in [-0.2, -0.15) is 0 Å². The molecule has 0 aromatic heterocycles. The molecule has 0 aromatic rings. The fraction of sp³-hybridized carbons (Fsp3) is 1.00. The first-order valence-corrected chi connectivity index (χ1v) is 6.84. The normalized spacial score (nSPS) is 35.0. The summed E-state index contributed by atoms with van der Waals surface area (Å²) in [5, 5.41) is 0. The Morgan fingerprint density at radius 1 is 0.867 bits per heavy atom. The lowest BCUT2D eigenvalue weighted by Crippen LogP contribution is -2.41. The van der Waals surface area contributed by atoms with Crippen LogP contribution < -0.4 is 5.73 Å². The molecule has 1 heterocycles. The second kappa shape index (κ2) is 5.86. The third-order valence-corrected chi connectivity index (χ3v) is 4.16. The Hall–Kier alpha value is -0.0800. The van der Waals surface area contributed by atoms with Crippen LogP contribution in [-0.2, 0) is 0 Å². The van der Waals surface area contributed by atoms with Gasteiger partial charge in [-0.05, 0) is 44.7 Å². The summed E-state index contributed by atoms with van der Waals surface area (Å²) in [7, 11) is 0. The van der Waals surface area contributed by atoms with E-state index >= 15 is 0 Å². The Morgan fingerprint density at radius 3 is 2.20 bits per heavy atom. The highest BCUT2D eigenvalue weighted by atomic mass is 15.1. The van der Waals surface area contributed by atoms with Crippen molar-refractivity contribution >= 4 is 0 Å². The number of likely N-dealkylation sites (tertiary alicyclic amines) is 1. The number of rotatable bonds is 2. The largest absolute Gasteiger partial charge is 0.327 e. The van der Waals surface area contributed by atoms with Crippen molar-refractivity contribution in [1.29, 1.82) is 0 Å². The van der Waals surface area contributed by atoms with Crippen LogP contribution in [0.25, 0.3) is 0 Å². The standard InChI is InChI=1S/C13H26N2/c14-13-8-4-3-7-12(13)11-15-9-5-1-2-6-10-15/h12-13H,1-11,14H2/t12?,13-/m1/s1. The van der Waals surface area contributed by atoms with Crippen molar-refractivity contribution in [3.8, 4) is 0 Å². The van der Waals surface area contributed by atoms with Gasteiger partial charge in [0.15, 0.2) is 0 Å².